The molecule has 0 aromatic heterocycles. The molecule has 0 spiro atoms. The van der Waals surface area contributed by atoms with Gasteiger partial charge in [0.2, 0.25) is 0 Å². The molecule has 0 saturated heterocycles. The molecule has 116 valence electrons. The molecule has 2 aliphatic rings. The van der Waals surface area contributed by atoms with Crippen molar-refractivity contribution in [3.05, 3.63) is 17.4 Å². The van der Waals surface area contributed by atoms with Gasteiger partial charge < -0.3 is 19.9 Å². The largest absolute Gasteiger partial charge is 0.493 e. The van der Waals surface area contributed by atoms with E-state index in [0.29, 0.717) is 31.3 Å². The van der Waals surface area contributed by atoms with Crippen LogP contribution in [0.5, 0.6) is 17.2 Å². The summed E-state index contributed by atoms with van der Waals surface area (Å²) in [6.07, 6.45) is 5.23. The third-order valence-corrected chi connectivity index (χ3v) is 4.68. The van der Waals surface area contributed by atoms with Crippen molar-refractivity contribution >= 4 is 0 Å². The van der Waals surface area contributed by atoms with E-state index in [-0.39, 0.29) is 11.2 Å². The Hall–Kier alpha value is -1.49. The molecule has 0 radical (unpaired) electrons. The highest BCUT2D eigenvalue weighted by Gasteiger charge is 2.41. The van der Waals surface area contributed by atoms with Gasteiger partial charge in [-0.05, 0) is 12.8 Å². The lowest BCUT2D eigenvalue weighted by atomic mass is 9.68. The maximum Gasteiger partial charge on any atom is 0.169 e. The number of halogens is 1. The molecule has 0 unspecified atom stereocenters. The molecule has 3 rings (SSSR count). The highest BCUT2D eigenvalue weighted by Crippen LogP contribution is 2.51. The first-order valence-corrected chi connectivity index (χ1v) is 7.58. The number of fused-ring (bicyclic) bond motifs is 1. The molecular weight excluding hydrogens is 273 g/mol. The first-order chi connectivity index (χ1) is 10.2. The summed E-state index contributed by atoms with van der Waals surface area (Å²) in [5.74, 6) is 0.932. The van der Waals surface area contributed by atoms with Gasteiger partial charge in [-0.2, -0.15) is 0 Å². The topological polar surface area (TPSA) is 53.7 Å². The van der Waals surface area contributed by atoms with E-state index in [4.69, 9.17) is 19.9 Å². The molecule has 2 N–H and O–H groups in total. The minimum Gasteiger partial charge on any atom is -0.493 e. The molecule has 1 aliphatic heterocycles. The molecule has 1 aliphatic carbocycles. The van der Waals surface area contributed by atoms with Crippen LogP contribution in [0.25, 0.3) is 0 Å². The minimum absolute atomic E-state index is 0.256. The van der Waals surface area contributed by atoms with Gasteiger partial charge in [0.25, 0.3) is 0 Å². The number of rotatable bonds is 3. The molecule has 1 heterocycles. The van der Waals surface area contributed by atoms with E-state index in [1.165, 1.54) is 19.6 Å². The first kappa shape index (κ1) is 14.4. The molecule has 5 heteroatoms. The van der Waals surface area contributed by atoms with E-state index in [1.807, 2.05) is 0 Å². The summed E-state index contributed by atoms with van der Waals surface area (Å²) in [5, 5.41) is 0. The molecule has 1 saturated carbocycles. The van der Waals surface area contributed by atoms with Gasteiger partial charge in [-0.3, -0.25) is 0 Å². The van der Waals surface area contributed by atoms with Crippen LogP contribution in [0.2, 0.25) is 0 Å². The molecule has 21 heavy (non-hydrogen) atoms. The second kappa shape index (κ2) is 5.72. The zero-order chi connectivity index (χ0) is 14.9. The number of methoxy groups -OCH3 is 1. The van der Waals surface area contributed by atoms with Gasteiger partial charge in [-0.15, -0.1) is 0 Å². The highest BCUT2D eigenvalue weighted by atomic mass is 19.1. The predicted octanol–water partition coefficient (Wildman–Crippen LogP) is 2.77. The van der Waals surface area contributed by atoms with Gasteiger partial charge in [0.05, 0.1) is 12.7 Å². The van der Waals surface area contributed by atoms with Crippen molar-refractivity contribution in [1.82, 2.24) is 0 Å². The Balaban J connectivity index is 2.20. The third kappa shape index (κ3) is 2.33. The smallest absolute Gasteiger partial charge is 0.169 e. The van der Waals surface area contributed by atoms with Crippen molar-refractivity contribution in [2.45, 2.75) is 37.5 Å². The molecule has 1 aromatic rings. The fourth-order valence-corrected chi connectivity index (χ4v) is 3.60. The van der Waals surface area contributed by atoms with Gasteiger partial charge >= 0.3 is 0 Å². The Morgan fingerprint density at radius 1 is 1.24 bits per heavy atom. The Morgan fingerprint density at radius 3 is 2.62 bits per heavy atom. The van der Waals surface area contributed by atoms with Crippen LogP contribution >= 0.6 is 0 Å². The number of benzene rings is 1. The maximum atomic E-state index is 14.4. The second-order valence-electron chi connectivity index (χ2n) is 5.84. The predicted molar refractivity (Wildman–Crippen MR) is 77.8 cm³/mol. The SMILES string of the molecule is COc1c(F)cc2c(c1C1(CN)CCCCC1)OCCO2. The van der Waals surface area contributed by atoms with Crippen LogP contribution < -0.4 is 19.9 Å². The van der Waals surface area contributed by atoms with Crippen molar-refractivity contribution < 1.29 is 18.6 Å². The van der Waals surface area contributed by atoms with Crippen molar-refractivity contribution in [3.63, 3.8) is 0 Å². The Kier molecular flexibility index (Phi) is 3.93. The maximum absolute atomic E-state index is 14.4. The second-order valence-corrected chi connectivity index (χ2v) is 5.84. The average Bonchev–Trinajstić information content (AvgIpc) is 2.54. The van der Waals surface area contributed by atoms with Gasteiger partial charge in [-0.25, -0.2) is 4.39 Å². The van der Waals surface area contributed by atoms with Crippen molar-refractivity contribution in [2.24, 2.45) is 5.73 Å². The van der Waals surface area contributed by atoms with E-state index >= 15 is 0 Å². The minimum atomic E-state index is -0.407. The summed E-state index contributed by atoms with van der Waals surface area (Å²) >= 11 is 0. The highest BCUT2D eigenvalue weighted by molar-refractivity contribution is 5.59. The number of nitrogens with two attached hydrogens (primary N) is 1. The summed E-state index contributed by atoms with van der Waals surface area (Å²) in [7, 11) is 1.49. The third-order valence-electron chi connectivity index (χ3n) is 4.68. The lowest BCUT2D eigenvalue weighted by molar-refractivity contribution is 0.160. The molecule has 1 fully saturated rings. The summed E-state index contributed by atoms with van der Waals surface area (Å²) in [6.45, 7) is 1.37. The van der Waals surface area contributed by atoms with Crippen LogP contribution in [0.15, 0.2) is 6.07 Å². The molecule has 4 nitrogen and oxygen atoms in total. The summed E-state index contributed by atoms with van der Waals surface area (Å²) in [5.41, 5.74) is 6.59. The molecule has 1 aromatic carbocycles. The zero-order valence-corrected chi connectivity index (χ0v) is 12.4. The summed E-state index contributed by atoms with van der Waals surface area (Å²) in [4.78, 5) is 0. The van der Waals surface area contributed by atoms with Crippen molar-refractivity contribution in [2.75, 3.05) is 26.9 Å². The summed E-state index contributed by atoms with van der Waals surface area (Å²) in [6, 6.07) is 1.35. The van der Waals surface area contributed by atoms with E-state index in [2.05, 4.69) is 0 Å². The van der Waals surface area contributed by atoms with Crippen LogP contribution in [0.4, 0.5) is 4.39 Å². The number of hydrogen-bond acceptors (Lipinski definition) is 4. The Bertz CT molecular complexity index is 527. The fraction of sp³-hybridized carbons (Fsp3) is 0.625. The molecular formula is C16H22FNO3. The number of hydrogen-bond donors (Lipinski definition) is 1. The van der Waals surface area contributed by atoms with Crippen LogP contribution in [0.1, 0.15) is 37.7 Å². The van der Waals surface area contributed by atoms with Crippen LogP contribution in [0, 0.1) is 5.82 Å². The zero-order valence-electron chi connectivity index (χ0n) is 12.4. The number of ether oxygens (including phenoxy) is 3. The van der Waals surface area contributed by atoms with Gasteiger partial charge in [0.1, 0.15) is 13.2 Å². The van der Waals surface area contributed by atoms with Gasteiger partial charge in [0, 0.05) is 18.0 Å². The van der Waals surface area contributed by atoms with E-state index < -0.39 is 5.82 Å². The fourth-order valence-electron chi connectivity index (χ4n) is 3.60. The lowest BCUT2D eigenvalue weighted by Gasteiger charge is -2.39. The Labute approximate surface area is 124 Å². The van der Waals surface area contributed by atoms with Gasteiger partial charge in [-0.1, -0.05) is 19.3 Å². The first-order valence-electron chi connectivity index (χ1n) is 7.58. The van der Waals surface area contributed by atoms with Crippen molar-refractivity contribution in [1.29, 1.82) is 0 Å². The lowest BCUT2D eigenvalue weighted by Crippen LogP contribution is -2.38. The monoisotopic (exact) mass is 295 g/mol. The van der Waals surface area contributed by atoms with Crippen LogP contribution in [-0.4, -0.2) is 26.9 Å². The van der Waals surface area contributed by atoms with E-state index in [9.17, 15) is 4.39 Å². The molecule has 0 bridgehead atoms. The standard InChI is InChI=1S/C16H22FNO3/c1-19-14-11(17)9-12-15(21-8-7-20-12)13(14)16(10-18)5-3-2-4-6-16/h9H,2-8,10,18H2,1H3. The van der Waals surface area contributed by atoms with Crippen LogP contribution in [0.3, 0.4) is 0 Å². The molecule has 0 atom stereocenters. The van der Waals surface area contributed by atoms with Crippen molar-refractivity contribution in [3.8, 4) is 17.2 Å². The Morgan fingerprint density at radius 2 is 1.95 bits per heavy atom. The quantitative estimate of drug-likeness (QED) is 0.931. The average molecular weight is 295 g/mol. The van der Waals surface area contributed by atoms with E-state index in [0.717, 1.165) is 31.2 Å². The van der Waals surface area contributed by atoms with Crippen LogP contribution in [-0.2, 0) is 5.41 Å². The van der Waals surface area contributed by atoms with E-state index in [1.54, 1.807) is 0 Å². The molecule has 0 amide bonds. The summed E-state index contributed by atoms with van der Waals surface area (Å²) < 4.78 is 31.1. The van der Waals surface area contributed by atoms with Gasteiger partial charge in [0.15, 0.2) is 23.1 Å². The normalized spacial score (nSPS) is 20.1.